The minimum Gasteiger partial charge on any atom is -0.481 e. The number of benzene rings is 1. The topological polar surface area (TPSA) is 76.4 Å². The SMILES string of the molecule is CC1CNC(CC(=O)O)CN1c1ccccc1C#N. The van der Waals surface area contributed by atoms with Gasteiger partial charge in [-0.25, -0.2) is 0 Å². The number of para-hydroxylation sites is 1. The van der Waals surface area contributed by atoms with E-state index in [2.05, 4.69) is 23.2 Å². The Labute approximate surface area is 112 Å². The predicted octanol–water partition coefficient (Wildman–Crippen LogP) is 1.20. The molecule has 0 aliphatic carbocycles. The molecule has 0 bridgehead atoms. The van der Waals surface area contributed by atoms with Crippen molar-refractivity contribution in [1.29, 1.82) is 5.26 Å². The Morgan fingerprint density at radius 1 is 1.58 bits per heavy atom. The number of carbonyl (C=O) groups is 1. The number of carboxylic acids is 1. The molecular weight excluding hydrogens is 242 g/mol. The first-order valence-corrected chi connectivity index (χ1v) is 6.32. The van der Waals surface area contributed by atoms with Crippen LogP contribution in [0.5, 0.6) is 0 Å². The number of anilines is 1. The van der Waals surface area contributed by atoms with Gasteiger partial charge in [-0.15, -0.1) is 0 Å². The van der Waals surface area contributed by atoms with Crippen molar-refractivity contribution in [3.05, 3.63) is 29.8 Å². The van der Waals surface area contributed by atoms with Gasteiger partial charge in [0.05, 0.1) is 17.7 Å². The molecule has 1 aliphatic rings. The van der Waals surface area contributed by atoms with Crippen LogP contribution < -0.4 is 10.2 Å². The summed E-state index contributed by atoms with van der Waals surface area (Å²) >= 11 is 0. The molecule has 19 heavy (non-hydrogen) atoms. The van der Waals surface area contributed by atoms with Gasteiger partial charge in [-0.3, -0.25) is 4.79 Å². The second kappa shape index (κ2) is 5.72. The third kappa shape index (κ3) is 3.04. The van der Waals surface area contributed by atoms with E-state index in [0.717, 1.165) is 12.2 Å². The van der Waals surface area contributed by atoms with E-state index in [1.54, 1.807) is 6.07 Å². The molecular formula is C14H17N3O2. The van der Waals surface area contributed by atoms with Crippen molar-refractivity contribution >= 4 is 11.7 Å². The Bertz CT molecular complexity index is 510. The van der Waals surface area contributed by atoms with Crippen LogP contribution in [0.4, 0.5) is 5.69 Å². The molecule has 2 N–H and O–H groups in total. The molecule has 0 radical (unpaired) electrons. The van der Waals surface area contributed by atoms with E-state index in [4.69, 9.17) is 10.4 Å². The maximum atomic E-state index is 10.8. The van der Waals surface area contributed by atoms with Crippen molar-refractivity contribution in [2.45, 2.75) is 25.4 Å². The molecule has 5 heteroatoms. The maximum Gasteiger partial charge on any atom is 0.304 e. The van der Waals surface area contributed by atoms with Crippen LogP contribution >= 0.6 is 0 Å². The highest BCUT2D eigenvalue weighted by atomic mass is 16.4. The van der Waals surface area contributed by atoms with Gasteiger partial charge in [0.1, 0.15) is 6.07 Å². The molecule has 1 aromatic carbocycles. The lowest BCUT2D eigenvalue weighted by molar-refractivity contribution is -0.137. The third-order valence-corrected chi connectivity index (χ3v) is 3.41. The minimum absolute atomic E-state index is 0.0829. The fourth-order valence-corrected chi connectivity index (χ4v) is 2.43. The van der Waals surface area contributed by atoms with Crippen LogP contribution in [-0.2, 0) is 4.79 Å². The number of nitrogens with one attached hydrogen (secondary N) is 1. The molecule has 1 aliphatic heterocycles. The monoisotopic (exact) mass is 259 g/mol. The molecule has 1 fully saturated rings. The number of hydrogen-bond acceptors (Lipinski definition) is 4. The molecule has 0 saturated carbocycles. The molecule has 0 amide bonds. The lowest BCUT2D eigenvalue weighted by Crippen LogP contribution is -2.56. The van der Waals surface area contributed by atoms with Gasteiger partial charge in [0.15, 0.2) is 0 Å². The standard InChI is InChI=1S/C14H17N3O2/c1-10-8-16-12(6-14(18)19)9-17(10)13-5-3-2-4-11(13)7-15/h2-5,10,12,16H,6,8-9H2,1H3,(H,18,19). The van der Waals surface area contributed by atoms with Gasteiger partial charge in [0, 0.05) is 25.2 Å². The van der Waals surface area contributed by atoms with E-state index in [9.17, 15) is 4.79 Å². The summed E-state index contributed by atoms with van der Waals surface area (Å²) in [7, 11) is 0. The highest BCUT2D eigenvalue weighted by molar-refractivity contribution is 5.68. The minimum atomic E-state index is -0.805. The number of carboxylic acid groups (broad SMARTS) is 1. The number of aliphatic carboxylic acids is 1. The van der Waals surface area contributed by atoms with E-state index in [0.29, 0.717) is 12.1 Å². The van der Waals surface area contributed by atoms with Crippen molar-refractivity contribution in [2.75, 3.05) is 18.0 Å². The van der Waals surface area contributed by atoms with Gasteiger partial charge < -0.3 is 15.3 Å². The number of hydrogen-bond donors (Lipinski definition) is 2. The van der Waals surface area contributed by atoms with E-state index in [1.807, 2.05) is 18.2 Å². The Hall–Kier alpha value is -2.06. The quantitative estimate of drug-likeness (QED) is 0.853. The molecule has 2 atom stereocenters. The van der Waals surface area contributed by atoms with E-state index >= 15 is 0 Å². The summed E-state index contributed by atoms with van der Waals surface area (Å²) in [6.07, 6.45) is 0.0952. The first-order chi connectivity index (χ1) is 9.11. The summed E-state index contributed by atoms with van der Waals surface area (Å²) in [4.78, 5) is 12.9. The van der Waals surface area contributed by atoms with Gasteiger partial charge in [0.2, 0.25) is 0 Å². The molecule has 0 spiro atoms. The largest absolute Gasteiger partial charge is 0.481 e. The van der Waals surface area contributed by atoms with Gasteiger partial charge in [-0.2, -0.15) is 5.26 Å². The van der Waals surface area contributed by atoms with Crippen LogP contribution in [0, 0.1) is 11.3 Å². The average Bonchev–Trinajstić information content (AvgIpc) is 2.40. The van der Waals surface area contributed by atoms with E-state index < -0.39 is 5.97 Å². The Balaban J connectivity index is 2.21. The van der Waals surface area contributed by atoms with Crippen LogP contribution in [0.3, 0.4) is 0 Å². The third-order valence-electron chi connectivity index (χ3n) is 3.41. The zero-order valence-corrected chi connectivity index (χ0v) is 10.8. The zero-order valence-electron chi connectivity index (χ0n) is 10.8. The van der Waals surface area contributed by atoms with Crippen molar-refractivity contribution < 1.29 is 9.90 Å². The number of nitriles is 1. The smallest absolute Gasteiger partial charge is 0.304 e. The van der Waals surface area contributed by atoms with E-state index in [-0.39, 0.29) is 18.5 Å². The van der Waals surface area contributed by atoms with Gasteiger partial charge in [0.25, 0.3) is 0 Å². The molecule has 1 heterocycles. The van der Waals surface area contributed by atoms with Crippen molar-refractivity contribution in [1.82, 2.24) is 5.32 Å². The van der Waals surface area contributed by atoms with Crippen molar-refractivity contribution in [3.8, 4) is 6.07 Å². The highest BCUT2D eigenvalue weighted by Gasteiger charge is 2.27. The summed E-state index contributed by atoms with van der Waals surface area (Å²) in [5.41, 5.74) is 1.51. The normalized spacial score (nSPS) is 22.8. The number of rotatable bonds is 3. The first-order valence-electron chi connectivity index (χ1n) is 6.32. The lowest BCUT2D eigenvalue weighted by atomic mass is 10.0. The first kappa shape index (κ1) is 13.4. The van der Waals surface area contributed by atoms with Crippen molar-refractivity contribution in [3.63, 3.8) is 0 Å². The molecule has 2 rings (SSSR count). The Kier molecular flexibility index (Phi) is 4.03. The van der Waals surface area contributed by atoms with Crippen LogP contribution in [-0.4, -0.2) is 36.2 Å². The van der Waals surface area contributed by atoms with Crippen LogP contribution in [0.15, 0.2) is 24.3 Å². The Morgan fingerprint density at radius 2 is 2.32 bits per heavy atom. The summed E-state index contributed by atoms with van der Waals surface area (Å²) in [5, 5.41) is 21.3. The molecule has 5 nitrogen and oxygen atoms in total. The van der Waals surface area contributed by atoms with Gasteiger partial charge in [-0.1, -0.05) is 12.1 Å². The molecule has 100 valence electrons. The lowest BCUT2D eigenvalue weighted by Gasteiger charge is -2.40. The van der Waals surface area contributed by atoms with Crippen LogP contribution in [0.1, 0.15) is 18.9 Å². The van der Waals surface area contributed by atoms with Crippen LogP contribution in [0.25, 0.3) is 0 Å². The van der Waals surface area contributed by atoms with Gasteiger partial charge >= 0.3 is 5.97 Å². The maximum absolute atomic E-state index is 10.8. The average molecular weight is 259 g/mol. The highest BCUT2D eigenvalue weighted by Crippen LogP contribution is 2.24. The Morgan fingerprint density at radius 3 is 3.00 bits per heavy atom. The summed E-state index contributed by atoms with van der Waals surface area (Å²) in [5.74, 6) is -0.805. The predicted molar refractivity (Wildman–Crippen MR) is 72.0 cm³/mol. The zero-order chi connectivity index (χ0) is 13.8. The number of nitrogens with zero attached hydrogens (tertiary/aromatic N) is 2. The summed E-state index contributed by atoms with van der Waals surface area (Å²) in [6, 6.07) is 9.78. The second-order valence-electron chi connectivity index (χ2n) is 4.83. The molecule has 0 aromatic heterocycles. The summed E-state index contributed by atoms with van der Waals surface area (Å²) in [6.45, 7) is 3.39. The van der Waals surface area contributed by atoms with E-state index in [1.165, 1.54) is 0 Å². The molecule has 1 aromatic rings. The van der Waals surface area contributed by atoms with Gasteiger partial charge in [-0.05, 0) is 19.1 Å². The molecule has 1 saturated heterocycles. The fraction of sp³-hybridized carbons (Fsp3) is 0.429. The number of piperazine rings is 1. The van der Waals surface area contributed by atoms with Crippen molar-refractivity contribution in [2.24, 2.45) is 0 Å². The van der Waals surface area contributed by atoms with Crippen LogP contribution in [0.2, 0.25) is 0 Å². The fourth-order valence-electron chi connectivity index (χ4n) is 2.43. The summed E-state index contributed by atoms with van der Waals surface area (Å²) < 4.78 is 0. The molecule has 2 unspecified atom stereocenters. The second-order valence-corrected chi connectivity index (χ2v) is 4.83.